The fraction of sp³-hybridized carbons (Fsp3) is 0.857. The van der Waals surface area contributed by atoms with E-state index in [0.29, 0.717) is 0 Å². The van der Waals surface area contributed by atoms with E-state index in [1.54, 1.807) is 0 Å². The van der Waals surface area contributed by atoms with Gasteiger partial charge in [-0.2, -0.15) is 0 Å². The number of carboxylic acid groups (broad SMARTS) is 1. The van der Waals surface area contributed by atoms with Crippen molar-refractivity contribution in [2.45, 2.75) is 37.8 Å². The quantitative estimate of drug-likeness (QED) is 0.435. The van der Waals surface area contributed by atoms with Gasteiger partial charge in [-0.1, -0.05) is 12.8 Å². The molecule has 0 aliphatic heterocycles. The minimum Gasteiger partial charge on any atom is -0.483 e. The summed E-state index contributed by atoms with van der Waals surface area (Å²) in [7, 11) is 0. The minimum absolute atomic E-state index is 0.0590. The van der Waals surface area contributed by atoms with E-state index < -0.39 is 0 Å². The van der Waals surface area contributed by atoms with Crippen LogP contribution in [0, 0.1) is 0 Å². The molecular weight excluding hydrogens is 146 g/mol. The Balaban J connectivity index is 0.000000292. The standard InChI is InChI=1S/C6H13NO.CH2O2/c7-5-3-1-2-4-6(5)8;2-1-3/h5-6,8H,1-4,7H2;1H,(H,2,3)/t5-,6+;/m0./s1. The third-order valence-electron chi connectivity index (χ3n) is 1.78. The van der Waals surface area contributed by atoms with Crippen LogP contribution in [0.4, 0.5) is 0 Å². The maximum absolute atomic E-state index is 9.05. The van der Waals surface area contributed by atoms with Crippen molar-refractivity contribution < 1.29 is 15.0 Å². The van der Waals surface area contributed by atoms with Gasteiger partial charge >= 0.3 is 0 Å². The van der Waals surface area contributed by atoms with E-state index in [1.165, 1.54) is 6.42 Å². The third-order valence-corrected chi connectivity index (χ3v) is 1.78. The van der Waals surface area contributed by atoms with Gasteiger partial charge in [-0.05, 0) is 12.8 Å². The van der Waals surface area contributed by atoms with Gasteiger partial charge in [-0.15, -0.1) is 0 Å². The minimum atomic E-state index is -0.250. The number of hydrogen-bond acceptors (Lipinski definition) is 3. The van der Waals surface area contributed by atoms with Crippen LogP contribution in [0.5, 0.6) is 0 Å². The second-order valence-electron chi connectivity index (χ2n) is 2.62. The number of aliphatic hydroxyl groups is 1. The summed E-state index contributed by atoms with van der Waals surface area (Å²) < 4.78 is 0. The Hall–Kier alpha value is -0.610. The summed E-state index contributed by atoms with van der Waals surface area (Å²) >= 11 is 0. The van der Waals surface area contributed by atoms with Crippen molar-refractivity contribution in [3.8, 4) is 0 Å². The molecule has 0 saturated heterocycles. The van der Waals surface area contributed by atoms with E-state index >= 15 is 0 Å². The first-order valence-electron chi connectivity index (χ1n) is 3.74. The molecule has 0 spiro atoms. The Labute approximate surface area is 66.0 Å². The van der Waals surface area contributed by atoms with Gasteiger partial charge in [-0.3, -0.25) is 4.79 Å². The van der Waals surface area contributed by atoms with Crippen LogP contribution in [-0.2, 0) is 4.79 Å². The molecule has 1 saturated carbocycles. The molecule has 1 aliphatic carbocycles. The average Bonchev–Trinajstić information content (AvgIpc) is 1.97. The van der Waals surface area contributed by atoms with Crippen LogP contribution in [0.25, 0.3) is 0 Å². The van der Waals surface area contributed by atoms with Crippen molar-refractivity contribution in [1.29, 1.82) is 0 Å². The molecule has 0 aromatic heterocycles. The Morgan fingerprint density at radius 2 is 1.82 bits per heavy atom. The zero-order valence-corrected chi connectivity index (χ0v) is 6.44. The van der Waals surface area contributed by atoms with Crippen LogP contribution in [0.2, 0.25) is 0 Å². The number of hydrogen-bond donors (Lipinski definition) is 3. The first-order chi connectivity index (χ1) is 5.22. The van der Waals surface area contributed by atoms with E-state index in [9.17, 15) is 0 Å². The van der Waals surface area contributed by atoms with Gasteiger partial charge in [0.2, 0.25) is 0 Å². The molecule has 0 amide bonds. The molecule has 1 fully saturated rings. The zero-order valence-electron chi connectivity index (χ0n) is 6.44. The predicted octanol–water partition coefficient (Wildman–Crippen LogP) is -0.0506. The highest BCUT2D eigenvalue weighted by molar-refractivity contribution is 5.32. The largest absolute Gasteiger partial charge is 0.483 e. The van der Waals surface area contributed by atoms with E-state index in [0.717, 1.165) is 19.3 Å². The van der Waals surface area contributed by atoms with Crippen molar-refractivity contribution in [2.75, 3.05) is 0 Å². The summed E-state index contributed by atoms with van der Waals surface area (Å²) in [5.74, 6) is 0. The fourth-order valence-electron chi connectivity index (χ4n) is 1.14. The van der Waals surface area contributed by atoms with Crippen LogP contribution in [0.3, 0.4) is 0 Å². The molecule has 0 bridgehead atoms. The molecule has 66 valence electrons. The smallest absolute Gasteiger partial charge is 0.290 e. The first-order valence-corrected chi connectivity index (χ1v) is 3.74. The van der Waals surface area contributed by atoms with Crippen LogP contribution in [0.1, 0.15) is 25.7 Å². The summed E-state index contributed by atoms with van der Waals surface area (Å²) in [4.78, 5) is 8.36. The topological polar surface area (TPSA) is 83.5 Å². The molecule has 1 rings (SSSR count). The molecule has 4 N–H and O–H groups in total. The van der Waals surface area contributed by atoms with Crippen molar-refractivity contribution >= 4 is 6.47 Å². The lowest BCUT2D eigenvalue weighted by Crippen LogP contribution is -2.37. The van der Waals surface area contributed by atoms with Crippen LogP contribution < -0.4 is 5.73 Å². The number of rotatable bonds is 0. The van der Waals surface area contributed by atoms with Crippen molar-refractivity contribution in [1.82, 2.24) is 0 Å². The lowest BCUT2D eigenvalue weighted by atomic mass is 9.94. The van der Waals surface area contributed by atoms with Crippen molar-refractivity contribution in [2.24, 2.45) is 5.73 Å². The van der Waals surface area contributed by atoms with Gasteiger partial charge in [-0.25, -0.2) is 0 Å². The average molecular weight is 161 g/mol. The summed E-state index contributed by atoms with van der Waals surface area (Å²) in [5, 5.41) is 15.9. The summed E-state index contributed by atoms with van der Waals surface area (Å²) in [6.45, 7) is -0.250. The normalized spacial score (nSPS) is 30.0. The Kier molecular flexibility index (Phi) is 5.78. The number of nitrogens with two attached hydrogens (primary N) is 1. The zero-order chi connectivity index (χ0) is 8.69. The maximum atomic E-state index is 9.05. The predicted molar refractivity (Wildman–Crippen MR) is 41.1 cm³/mol. The second kappa shape index (κ2) is 6.12. The Bertz CT molecular complexity index is 97.9. The highest BCUT2D eigenvalue weighted by Gasteiger charge is 2.17. The van der Waals surface area contributed by atoms with Gasteiger partial charge < -0.3 is 15.9 Å². The first kappa shape index (κ1) is 10.4. The van der Waals surface area contributed by atoms with Crippen LogP contribution in [0.15, 0.2) is 0 Å². The van der Waals surface area contributed by atoms with Gasteiger partial charge in [0.25, 0.3) is 6.47 Å². The molecule has 0 unspecified atom stereocenters. The molecule has 4 nitrogen and oxygen atoms in total. The van der Waals surface area contributed by atoms with Crippen LogP contribution in [-0.4, -0.2) is 28.8 Å². The highest BCUT2D eigenvalue weighted by atomic mass is 16.3. The van der Waals surface area contributed by atoms with Crippen LogP contribution >= 0.6 is 0 Å². The molecule has 4 heteroatoms. The van der Waals surface area contributed by atoms with Crippen molar-refractivity contribution in [3.63, 3.8) is 0 Å². The lowest BCUT2D eigenvalue weighted by Gasteiger charge is -2.23. The third kappa shape index (κ3) is 4.75. The monoisotopic (exact) mass is 161 g/mol. The van der Waals surface area contributed by atoms with Gasteiger partial charge in [0, 0.05) is 6.04 Å². The van der Waals surface area contributed by atoms with Crippen molar-refractivity contribution in [3.05, 3.63) is 0 Å². The van der Waals surface area contributed by atoms with E-state index in [-0.39, 0.29) is 18.6 Å². The number of aliphatic hydroxyl groups excluding tert-OH is 1. The highest BCUT2D eigenvalue weighted by Crippen LogP contribution is 2.15. The van der Waals surface area contributed by atoms with E-state index in [2.05, 4.69) is 0 Å². The summed E-state index contributed by atoms with van der Waals surface area (Å²) in [5.41, 5.74) is 5.53. The molecule has 0 aromatic carbocycles. The molecule has 0 heterocycles. The molecule has 0 aromatic rings. The molecule has 11 heavy (non-hydrogen) atoms. The maximum Gasteiger partial charge on any atom is 0.290 e. The molecule has 1 aliphatic rings. The Morgan fingerprint density at radius 3 is 2.09 bits per heavy atom. The Morgan fingerprint density at radius 1 is 1.36 bits per heavy atom. The van der Waals surface area contributed by atoms with E-state index in [4.69, 9.17) is 20.7 Å². The SMILES string of the molecule is N[C@H]1CCCC[C@H]1O.O=CO. The fourth-order valence-corrected chi connectivity index (χ4v) is 1.14. The van der Waals surface area contributed by atoms with Gasteiger partial charge in [0.1, 0.15) is 0 Å². The summed E-state index contributed by atoms with van der Waals surface area (Å²) in [6, 6.07) is 0.0590. The lowest BCUT2D eigenvalue weighted by molar-refractivity contribution is -0.122. The summed E-state index contributed by atoms with van der Waals surface area (Å²) in [6.07, 6.45) is 4.03. The van der Waals surface area contributed by atoms with Gasteiger partial charge in [0.15, 0.2) is 0 Å². The molecular formula is C7H15NO3. The molecule has 0 radical (unpaired) electrons. The molecule has 2 atom stereocenters. The van der Waals surface area contributed by atoms with E-state index in [1.807, 2.05) is 0 Å². The second-order valence-corrected chi connectivity index (χ2v) is 2.62. The number of carbonyl (C=O) groups is 1. The van der Waals surface area contributed by atoms with Gasteiger partial charge in [0.05, 0.1) is 6.10 Å².